The largest absolute Gasteiger partial charge is 0.398 e. The molecule has 0 amide bonds. The molecule has 0 saturated heterocycles. The quantitative estimate of drug-likeness (QED) is 0.504. The molecule has 98 valence electrons. The van der Waals surface area contributed by atoms with E-state index in [0.29, 0.717) is 11.4 Å². The maximum Gasteiger partial charge on any atom is 0.273 e. The van der Waals surface area contributed by atoms with Gasteiger partial charge in [-0.1, -0.05) is 0 Å². The third kappa shape index (κ3) is 3.19. The SMILES string of the molecule is Cc1cc(F)cc(Nc2cc(N)cc([N+](=O)[O-])c2)c1. The van der Waals surface area contributed by atoms with E-state index in [9.17, 15) is 14.5 Å². The van der Waals surface area contributed by atoms with E-state index in [0.717, 1.165) is 5.56 Å². The van der Waals surface area contributed by atoms with Gasteiger partial charge in [-0.3, -0.25) is 10.1 Å². The second kappa shape index (κ2) is 4.93. The second-order valence-electron chi connectivity index (χ2n) is 4.21. The highest BCUT2D eigenvalue weighted by Crippen LogP contribution is 2.26. The average molecular weight is 261 g/mol. The first-order chi connectivity index (χ1) is 8.94. The van der Waals surface area contributed by atoms with Gasteiger partial charge < -0.3 is 11.1 Å². The van der Waals surface area contributed by atoms with E-state index in [1.165, 1.54) is 24.3 Å². The van der Waals surface area contributed by atoms with Crippen LogP contribution < -0.4 is 11.1 Å². The summed E-state index contributed by atoms with van der Waals surface area (Å²) in [5.41, 5.74) is 7.45. The number of hydrogen-bond acceptors (Lipinski definition) is 4. The van der Waals surface area contributed by atoms with Crippen molar-refractivity contribution >= 4 is 22.7 Å². The van der Waals surface area contributed by atoms with E-state index in [1.54, 1.807) is 19.1 Å². The summed E-state index contributed by atoms with van der Waals surface area (Å²) < 4.78 is 13.2. The fraction of sp³-hybridized carbons (Fsp3) is 0.0769. The Balaban J connectivity index is 2.35. The predicted octanol–water partition coefficient (Wildman–Crippen LogP) is 3.37. The second-order valence-corrected chi connectivity index (χ2v) is 4.21. The van der Waals surface area contributed by atoms with Gasteiger partial charge in [0.05, 0.1) is 4.92 Å². The molecule has 0 unspecified atom stereocenters. The zero-order valence-corrected chi connectivity index (χ0v) is 10.2. The first kappa shape index (κ1) is 12.8. The van der Waals surface area contributed by atoms with Crippen molar-refractivity contribution < 1.29 is 9.31 Å². The van der Waals surface area contributed by atoms with Crippen molar-refractivity contribution in [2.45, 2.75) is 6.92 Å². The van der Waals surface area contributed by atoms with Crippen molar-refractivity contribution in [3.63, 3.8) is 0 Å². The summed E-state index contributed by atoms with van der Waals surface area (Å²) in [7, 11) is 0. The van der Waals surface area contributed by atoms with Crippen molar-refractivity contribution in [1.82, 2.24) is 0 Å². The van der Waals surface area contributed by atoms with E-state index in [2.05, 4.69) is 5.32 Å². The Morgan fingerprint density at radius 1 is 1.16 bits per heavy atom. The highest BCUT2D eigenvalue weighted by molar-refractivity contribution is 5.68. The molecular formula is C13H12FN3O2. The van der Waals surface area contributed by atoms with E-state index in [4.69, 9.17) is 5.73 Å². The number of nitro groups is 1. The normalized spacial score (nSPS) is 10.2. The zero-order valence-electron chi connectivity index (χ0n) is 10.2. The molecule has 0 bridgehead atoms. The number of non-ortho nitro benzene ring substituents is 1. The minimum absolute atomic E-state index is 0.115. The highest BCUT2D eigenvalue weighted by Gasteiger charge is 2.09. The van der Waals surface area contributed by atoms with Gasteiger partial charge in [-0.25, -0.2) is 4.39 Å². The number of hydrogen-bond donors (Lipinski definition) is 2. The maximum absolute atomic E-state index is 13.2. The molecule has 0 aliphatic carbocycles. The first-order valence-corrected chi connectivity index (χ1v) is 5.53. The van der Waals surface area contributed by atoms with Gasteiger partial charge >= 0.3 is 0 Å². The number of rotatable bonds is 3. The topological polar surface area (TPSA) is 81.2 Å². The summed E-state index contributed by atoms with van der Waals surface area (Å²) in [6.07, 6.45) is 0. The Bertz CT molecular complexity index is 624. The Kier molecular flexibility index (Phi) is 3.33. The number of benzene rings is 2. The summed E-state index contributed by atoms with van der Waals surface area (Å²) >= 11 is 0. The smallest absolute Gasteiger partial charge is 0.273 e. The van der Waals surface area contributed by atoms with Crippen LogP contribution in [0.4, 0.5) is 27.1 Å². The summed E-state index contributed by atoms with van der Waals surface area (Å²) in [4.78, 5) is 10.2. The number of nitrogens with zero attached hydrogens (tertiary/aromatic N) is 1. The molecule has 0 aromatic heterocycles. The minimum Gasteiger partial charge on any atom is -0.398 e. The van der Waals surface area contributed by atoms with Gasteiger partial charge in [0.2, 0.25) is 0 Å². The molecule has 6 heteroatoms. The molecule has 2 aromatic carbocycles. The molecule has 0 aliphatic rings. The molecule has 0 heterocycles. The van der Waals surface area contributed by atoms with Gasteiger partial charge in [0.15, 0.2) is 0 Å². The number of nitrogen functional groups attached to an aromatic ring is 1. The van der Waals surface area contributed by atoms with Crippen LogP contribution in [0.25, 0.3) is 0 Å². The lowest BCUT2D eigenvalue weighted by Crippen LogP contribution is -1.96. The molecule has 2 rings (SSSR count). The van der Waals surface area contributed by atoms with Crippen LogP contribution in [0.3, 0.4) is 0 Å². The van der Waals surface area contributed by atoms with Gasteiger partial charge in [0.1, 0.15) is 5.82 Å². The lowest BCUT2D eigenvalue weighted by Gasteiger charge is -2.08. The fourth-order valence-electron chi connectivity index (χ4n) is 1.79. The van der Waals surface area contributed by atoms with Crippen molar-refractivity contribution in [1.29, 1.82) is 0 Å². The third-order valence-corrected chi connectivity index (χ3v) is 2.48. The van der Waals surface area contributed by atoms with Gasteiger partial charge in [-0.2, -0.15) is 0 Å². The lowest BCUT2D eigenvalue weighted by atomic mass is 10.2. The van der Waals surface area contributed by atoms with Crippen molar-refractivity contribution in [2.75, 3.05) is 11.1 Å². The number of nitrogens with two attached hydrogens (primary N) is 1. The van der Waals surface area contributed by atoms with Crippen LogP contribution in [0.15, 0.2) is 36.4 Å². The van der Waals surface area contributed by atoms with Crippen LogP contribution in [0, 0.1) is 22.9 Å². The first-order valence-electron chi connectivity index (χ1n) is 5.53. The van der Waals surface area contributed by atoms with Crippen molar-refractivity contribution in [3.05, 3.63) is 57.9 Å². The van der Waals surface area contributed by atoms with Crippen molar-refractivity contribution in [3.8, 4) is 0 Å². The Hall–Kier alpha value is -2.63. The van der Waals surface area contributed by atoms with Crippen LogP contribution in [-0.4, -0.2) is 4.92 Å². The Labute approximate surface area is 109 Å². The summed E-state index contributed by atoms with van der Waals surface area (Å²) in [5, 5.41) is 13.6. The number of anilines is 3. The predicted molar refractivity (Wildman–Crippen MR) is 71.9 cm³/mol. The van der Waals surface area contributed by atoms with E-state index in [-0.39, 0.29) is 17.2 Å². The molecule has 0 saturated carbocycles. The summed E-state index contributed by atoms with van der Waals surface area (Å²) in [5.74, 6) is -0.374. The average Bonchev–Trinajstić information content (AvgIpc) is 2.26. The lowest BCUT2D eigenvalue weighted by molar-refractivity contribution is -0.384. The van der Waals surface area contributed by atoms with Gasteiger partial charge in [-0.05, 0) is 36.8 Å². The minimum atomic E-state index is -0.529. The molecule has 0 fully saturated rings. The van der Waals surface area contributed by atoms with Crippen LogP contribution in [0.5, 0.6) is 0 Å². The molecule has 0 radical (unpaired) electrons. The van der Waals surface area contributed by atoms with E-state index in [1.807, 2.05) is 0 Å². The third-order valence-electron chi connectivity index (χ3n) is 2.48. The molecule has 0 atom stereocenters. The fourth-order valence-corrected chi connectivity index (χ4v) is 1.79. The van der Waals surface area contributed by atoms with Crippen LogP contribution in [-0.2, 0) is 0 Å². The molecular weight excluding hydrogens is 249 g/mol. The van der Waals surface area contributed by atoms with Crippen molar-refractivity contribution in [2.24, 2.45) is 0 Å². The van der Waals surface area contributed by atoms with E-state index < -0.39 is 4.92 Å². The summed E-state index contributed by atoms with van der Waals surface area (Å²) in [6, 6.07) is 8.60. The van der Waals surface area contributed by atoms with Crippen LogP contribution in [0.1, 0.15) is 5.56 Å². The molecule has 5 nitrogen and oxygen atoms in total. The molecule has 3 N–H and O–H groups in total. The van der Waals surface area contributed by atoms with E-state index >= 15 is 0 Å². The highest BCUT2D eigenvalue weighted by atomic mass is 19.1. The molecule has 0 spiro atoms. The van der Waals surface area contributed by atoms with Gasteiger partial charge in [0.25, 0.3) is 5.69 Å². The monoisotopic (exact) mass is 261 g/mol. The molecule has 0 aliphatic heterocycles. The number of nitrogens with one attached hydrogen (secondary N) is 1. The molecule has 19 heavy (non-hydrogen) atoms. The van der Waals surface area contributed by atoms with Crippen LogP contribution >= 0.6 is 0 Å². The number of nitro benzene ring substituents is 1. The van der Waals surface area contributed by atoms with Gasteiger partial charge in [0, 0.05) is 29.2 Å². The van der Waals surface area contributed by atoms with Crippen LogP contribution in [0.2, 0.25) is 0 Å². The summed E-state index contributed by atoms with van der Waals surface area (Å²) in [6.45, 7) is 1.76. The number of aryl methyl sites for hydroxylation is 1. The Morgan fingerprint density at radius 3 is 2.47 bits per heavy atom. The number of halogens is 1. The standard InChI is InChI=1S/C13H12FN3O2/c1-8-2-9(14)4-11(3-8)16-12-5-10(15)6-13(7-12)17(18)19/h2-7,16H,15H2,1H3. The molecule has 2 aromatic rings. The zero-order chi connectivity index (χ0) is 14.0. The Morgan fingerprint density at radius 2 is 1.84 bits per heavy atom. The maximum atomic E-state index is 13.2. The van der Waals surface area contributed by atoms with Gasteiger partial charge in [-0.15, -0.1) is 0 Å².